The lowest BCUT2D eigenvalue weighted by atomic mass is 9.96. The molecule has 0 aromatic carbocycles. The Morgan fingerprint density at radius 2 is 2.15 bits per heavy atom. The van der Waals surface area contributed by atoms with Gasteiger partial charge in [0.1, 0.15) is 0 Å². The number of aliphatic imine (C=N–C) groups is 1. The summed E-state index contributed by atoms with van der Waals surface area (Å²) in [5.41, 5.74) is 0. The fraction of sp³-hybridized carbons (Fsp3) is 0.933. The van der Waals surface area contributed by atoms with Gasteiger partial charge in [-0.25, -0.2) is 0 Å². The van der Waals surface area contributed by atoms with Crippen LogP contribution in [0, 0.1) is 0 Å². The Bertz CT molecular complexity index is 369. The number of rotatable bonds is 5. The number of fused-ring (bicyclic) bond motifs is 2. The second kappa shape index (κ2) is 5.90. The molecule has 4 atom stereocenters. The summed E-state index contributed by atoms with van der Waals surface area (Å²) in [4.78, 5) is 6.82. The van der Waals surface area contributed by atoms with Crippen molar-refractivity contribution >= 4 is 5.96 Å². The Balaban J connectivity index is 1.43. The maximum absolute atomic E-state index is 5.88. The van der Waals surface area contributed by atoms with Crippen molar-refractivity contribution < 1.29 is 4.74 Å². The summed E-state index contributed by atoms with van der Waals surface area (Å²) in [6, 6.07) is 1.79. The summed E-state index contributed by atoms with van der Waals surface area (Å²) < 4.78 is 5.88. The minimum Gasteiger partial charge on any atom is -0.373 e. The molecule has 5 heteroatoms. The summed E-state index contributed by atoms with van der Waals surface area (Å²) in [7, 11) is 4.07. The minimum absolute atomic E-state index is 0.394. The summed E-state index contributed by atoms with van der Waals surface area (Å²) in [6.45, 7) is 3.22. The first-order valence-electron chi connectivity index (χ1n) is 8.02. The lowest BCUT2D eigenvalue weighted by Crippen LogP contribution is -2.50. The van der Waals surface area contributed by atoms with E-state index in [9.17, 15) is 0 Å². The molecule has 114 valence electrons. The highest BCUT2D eigenvalue weighted by molar-refractivity contribution is 5.80. The van der Waals surface area contributed by atoms with Crippen LogP contribution in [0.4, 0.5) is 0 Å². The van der Waals surface area contributed by atoms with Gasteiger partial charge in [-0.2, -0.15) is 0 Å². The Morgan fingerprint density at radius 3 is 2.70 bits per heavy atom. The van der Waals surface area contributed by atoms with E-state index < -0.39 is 0 Å². The summed E-state index contributed by atoms with van der Waals surface area (Å²) in [5, 5.41) is 6.99. The molecule has 20 heavy (non-hydrogen) atoms. The van der Waals surface area contributed by atoms with E-state index in [0.29, 0.717) is 24.3 Å². The van der Waals surface area contributed by atoms with Crippen LogP contribution in [0.2, 0.25) is 0 Å². The lowest BCUT2D eigenvalue weighted by Gasteiger charge is -2.27. The van der Waals surface area contributed by atoms with Gasteiger partial charge in [0.05, 0.1) is 18.2 Å². The summed E-state index contributed by atoms with van der Waals surface area (Å²) in [5.74, 6) is 0.919. The summed E-state index contributed by atoms with van der Waals surface area (Å²) in [6.07, 6.45) is 7.15. The van der Waals surface area contributed by atoms with Gasteiger partial charge < -0.3 is 15.4 Å². The number of nitrogens with one attached hydrogen (secondary N) is 2. The first-order valence-corrected chi connectivity index (χ1v) is 8.02. The predicted molar refractivity (Wildman–Crippen MR) is 81.0 cm³/mol. The average molecular weight is 280 g/mol. The molecule has 3 fully saturated rings. The maximum Gasteiger partial charge on any atom is 0.191 e. The fourth-order valence-corrected chi connectivity index (χ4v) is 3.39. The molecule has 2 heterocycles. The van der Waals surface area contributed by atoms with Gasteiger partial charge in [0.25, 0.3) is 0 Å². The molecule has 0 amide bonds. The van der Waals surface area contributed by atoms with Crippen LogP contribution in [0.1, 0.15) is 39.0 Å². The molecule has 0 spiro atoms. The van der Waals surface area contributed by atoms with Crippen LogP contribution < -0.4 is 10.6 Å². The maximum atomic E-state index is 5.88. The normalized spacial score (nSPS) is 34.6. The van der Waals surface area contributed by atoms with Crippen molar-refractivity contribution in [3.05, 3.63) is 0 Å². The molecule has 0 radical (unpaired) electrons. The number of ether oxygens (including phenoxy) is 1. The van der Waals surface area contributed by atoms with Crippen molar-refractivity contribution in [2.45, 2.75) is 69.4 Å². The average Bonchev–Trinajstić information content (AvgIpc) is 3.11. The fourth-order valence-electron chi connectivity index (χ4n) is 3.39. The quantitative estimate of drug-likeness (QED) is 0.582. The second-order valence-electron chi connectivity index (χ2n) is 6.56. The third kappa shape index (κ3) is 3.09. The molecule has 1 aliphatic carbocycles. The van der Waals surface area contributed by atoms with E-state index in [2.05, 4.69) is 34.5 Å². The molecule has 2 N–H and O–H groups in total. The second-order valence-corrected chi connectivity index (χ2v) is 6.56. The van der Waals surface area contributed by atoms with Crippen LogP contribution in [-0.4, -0.2) is 61.8 Å². The van der Waals surface area contributed by atoms with Crippen LogP contribution in [0.25, 0.3) is 0 Å². The van der Waals surface area contributed by atoms with Gasteiger partial charge in [0.15, 0.2) is 5.96 Å². The van der Waals surface area contributed by atoms with E-state index in [1.807, 2.05) is 7.05 Å². The van der Waals surface area contributed by atoms with Crippen molar-refractivity contribution in [3.8, 4) is 0 Å². The van der Waals surface area contributed by atoms with E-state index in [-0.39, 0.29) is 0 Å². The molecular formula is C15H28N4O. The molecule has 5 nitrogen and oxygen atoms in total. The van der Waals surface area contributed by atoms with Gasteiger partial charge in [-0.05, 0) is 46.1 Å². The lowest BCUT2D eigenvalue weighted by molar-refractivity contribution is 0.0992. The third-order valence-corrected chi connectivity index (χ3v) is 5.03. The van der Waals surface area contributed by atoms with Crippen molar-refractivity contribution in [3.63, 3.8) is 0 Å². The molecule has 3 rings (SSSR count). The number of nitrogens with zero attached hydrogens (tertiary/aromatic N) is 2. The van der Waals surface area contributed by atoms with Gasteiger partial charge in [0, 0.05) is 25.7 Å². The molecule has 3 aliphatic rings. The van der Waals surface area contributed by atoms with E-state index in [1.165, 1.54) is 25.7 Å². The summed E-state index contributed by atoms with van der Waals surface area (Å²) >= 11 is 0. The van der Waals surface area contributed by atoms with Gasteiger partial charge in [0.2, 0.25) is 0 Å². The first kappa shape index (κ1) is 14.1. The van der Waals surface area contributed by atoms with E-state index in [0.717, 1.165) is 25.0 Å². The molecule has 0 aromatic rings. The van der Waals surface area contributed by atoms with Crippen molar-refractivity contribution in [1.82, 2.24) is 15.5 Å². The van der Waals surface area contributed by atoms with Gasteiger partial charge in [-0.3, -0.25) is 9.89 Å². The predicted octanol–water partition coefficient (Wildman–Crippen LogP) is 0.954. The Kier molecular flexibility index (Phi) is 4.17. The van der Waals surface area contributed by atoms with Crippen molar-refractivity contribution in [2.75, 3.05) is 20.6 Å². The molecule has 4 unspecified atom stereocenters. The zero-order valence-electron chi connectivity index (χ0n) is 12.9. The number of hydrogen-bond donors (Lipinski definition) is 2. The van der Waals surface area contributed by atoms with Crippen LogP contribution in [0.3, 0.4) is 0 Å². The molecule has 1 saturated carbocycles. The highest BCUT2D eigenvalue weighted by Gasteiger charge is 2.41. The van der Waals surface area contributed by atoms with Crippen molar-refractivity contribution in [1.29, 1.82) is 0 Å². The molecule has 2 saturated heterocycles. The van der Waals surface area contributed by atoms with Crippen molar-refractivity contribution in [2.24, 2.45) is 4.99 Å². The first-order chi connectivity index (χ1) is 9.67. The standard InChI is InChI=1S/C15H28N4O/c1-10(19(3)11-4-5-11)9-17-15(16-2)18-13-8-12-6-7-14(13)20-12/h10-14H,4-9H2,1-3H3,(H2,16,17,18). The largest absolute Gasteiger partial charge is 0.373 e. The minimum atomic E-state index is 0.394. The molecule has 0 aromatic heterocycles. The molecule has 2 bridgehead atoms. The Hall–Kier alpha value is -0.810. The molecular weight excluding hydrogens is 252 g/mol. The highest BCUT2D eigenvalue weighted by Crippen LogP contribution is 2.34. The monoisotopic (exact) mass is 280 g/mol. The Labute approximate surface area is 122 Å². The SMILES string of the molecule is CN=C(NCC(C)N(C)C1CC1)NC1CC2CCC1O2. The van der Waals surface area contributed by atoms with Gasteiger partial charge in [-0.1, -0.05) is 0 Å². The van der Waals surface area contributed by atoms with Crippen LogP contribution >= 0.6 is 0 Å². The topological polar surface area (TPSA) is 48.9 Å². The highest BCUT2D eigenvalue weighted by atomic mass is 16.5. The van der Waals surface area contributed by atoms with Crippen LogP contribution in [0.15, 0.2) is 4.99 Å². The van der Waals surface area contributed by atoms with Gasteiger partial charge in [-0.15, -0.1) is 0 Å². The molecule has 2 aliphatic heterocycles. The van der Waals surface area contributed by atoms with Crippen LogP contribution in [0.5, 0.6) is 0 Å². The number of guanidine groups is 1. The zero-order chi connectivity index (χ0) is 14.1. The van der Waals surface area contributed by atoms with E-state index in [1.54, 1.807) is 0 Å². The zero-order valence-corrected chi connectivity index (χ0v) is 12.9. The van der Waals surface area contributed by atoms with Crippen LogP contribution in [-0.2, 0) is 4.74 Å². The Morgan fingerprint density at radius 1 is 1.35 bits per heavy atom. The third-order valence-electron chi connectivity index (χ3n) is 5.03. The van der Waals surface area contributed by atoms with E-state index >= 15 is 0 Å². The number of likely N-dealkylation sites (N-methyl/N-ethyl adjacent to an activating group) is 1. The smallest absolute Gasteiger partial charge is 0.191 e. The number of hydrogen-bond acceptors (Lipinski definition) is 3. The van der Waals surface area contributed by atoms with Gasteiger partial charge >= 0.3 is 0 Å². The van der Waals surface area contributed by atoms with E-state index in [4.69, 9.17) is 4.74 Å².